The average molecular weight is 823 g/mol. The Bertz CT molecular complexity index is 1750. The summed E-state index contributed by atoms with van der Waals surface area (Å²) in [7, 11) is 2.64. The van der Waals surface area contributed by atoms with Gasteiger partial charge in [-0.3, -0.25) is 19.2 Å². The largest absolute Gasteiger partial charge is 0.508 e. The Morgan fingerprint density at radius 2 is 1.11 bits per heavy atom. The summed E-state index contributed by atoms with van der Waals surface area (Å²) in [5, 5.41) is 15.7. The number of piperidine rings is 2. The number of carbonyl (C=O) groups excluding carboxylic acids is 6. The van der Waals surface area contributed by atoms with Gasteiger partial charge in [0.15, 0.2) is 0 Å². The number of phenols is 1. The maximum absolute atomic E-state index is 14.3. The van der Waals surface area contributed by atoms with Crippen molar-refractivity contribution >= 4 is 59.1 Å². The molecule has 6 rings (SSSR count). The van der Waals surface area contributed by atoms with Gasteiger partial charge >= 0.3 is 11.9 Å². The third-order valence-corrected chi connectivity index (χ3v) is 14.3. The van der Waals surface area contributed by atoms with E-state index in [1.54, 1.807) is 57.6 Å². The van der Waals surface area contributed by atoms with Crippen LogP contribution in [0.5, 0.6) is 5.75 Å². The summed E-state index contributed by atoms with van der Waals surface area (Å²) in [6, 6.07) is 13.2. The van der Waals surface area contributed by atoms with Gasteiger partial charge in [-0.1, -0.05) is 42.5 Å². The Hall–Kier alpha value is -4.24. The molecule has 1 unspecified atom stereocenters. The van der Waals surface area contributed by atoms with Gasteiger partial charge in [0.25, 0.3) is 0 Å². The van der Waals surface area contributed by atoms with Crippen LogP contribution in [0, 0.1) is 11.8 Å². The molecule has 4 amide bonds. The Kier molecular flexibility index (Phi) is 14.8. The van der Waals surface area contributed by atoms with Gasteiger partial charge in [-0.2, -0.15) is 0 Å². The smallest absolute Gasteiger partial charge is 0.328 e. The van der Waals surface area contributed by atoms with Crippen LogP contribution in [0.2, 0.25) is 0 Å². The van der Waals surface area contributed by atoms with Crippen LogP contribution in [0.1, 0.15) is 75.3 Å². The van der Waals surface area contributed by atoms with Crippen LogP contribution in [0.3, 0.4) is 0 Å². The number of amides is 4. The molecule has 0 saturated carbocycles. The predicted molar refractivity (Wildman–Crippen MR) is 217 cm³/mol. The summed E-state index contributed by atoms with van der Waals surface area (Å²) in [5.74, 6) is -2.03. The number of methoxy groups -OCH3 is 2. The van der Waals surface area contributed by atoms with Crippen molar-refractivity contribution in [2.45, 2.75) is 112 Å². The van der Waals surface area contributed by atoms with Crippen LogP contribution >= 0.6 is 23.5 Å². The van der Waals surface area contributed by atoms with Gasteiger partial charge in [0.05, 0.1) is 25.0 Å². The van der Waals surface area contributed by atoms with Crippen LogP contribution in [-0.4, -0.2) is 111 Å². The van der Waals surface area contributed by atoms with E-state index in [2.05, 4.69) is 10.6 Å². The lowest BCUT2D eigenvalue weighted by molar-refractivity contribution is -0.156. The summed E-state index contributed by atoms with van der Waals surface area (Å²) in [5.41, 5.74) is 1.74. The third kappa shape index (κ3) is 10.4. The molecular weight excluding hydrogens is 769 g/mol. The molecule has 8 atom stereocenters. The first-order valence-corrected chi connectivity index (χ1v) is 22.1. The maximum Gasteiger partial charge on any atom is 0.328 e. The Labute approximate surface area is 342 Å². The number of nitrogens with one attached hydrogen (secondary N) is 2. The Balaban J connectivity index is 1.21. The van der Waals surface area contributed by atoms with E-state index in [9.17, 15) is 33.9 Å². The molecule has 0 spiro atoms. The number of phenolic OH excluding ortho intramolecular Hbond substituents is 1. The molecule has 57 heavy (non-hydrogen) atoms. The van der Waals surface area contributed by atoms with Gasteiger partial charge < -0.3 is 35.0 Å². The van der Waals surface area contributed by atoms with Crippen molar-refractivity contribution in [1.82, 2.24) is 20.4 Å². The number of fused-ring (bicyclic) bond motifs is 2. The number of hydrogen-bond donors (Lipinski definition) is 3. The summed E-state index contributed by atoms with van der Waals surface area (Å²) in [6.45, 7) is 0. The average Bonchev–Trinajstić information content (AvgIpc) is 3.49. The van der Waals surface area contributed by atoms with E-state index in [4.69, 9.17) is 9.47 Å². The fraction of sp³-hybridized carbons (Fsp3) is 0.571. The lowest BCUT2D eigenvalue weighted by atomic mass is 9.86. The van der Waals surface area contributed by atoms with E-state index in [1.165, 1.54) is 14.2 Å². The molecule has 0 radical (unpaired) electrons. The highest BCUT2D eigenvalue weighted by molar-refractivity contribution is 8.00. The van der Waals surface area contributed by atoms with E-state index >= 15 is 0 Å². The fourth-order valence-corrected chi connectivity index (χ4v) is 11.3. The number of esters is 2. The molecule has 4 aliphatic rings. The first kappa shape index (κ1) is 42.4. The van der Waals surface area contributed by atoms with Crippen LogP contribution in [-0.2, 0) is 51.1 Å². The second kappa shape index (κ2) is 20.0. The molecule has 15 heteroatoms. The SMILES string of the molecule is COC(=O)[C@@H]1CCCC2SCC[C@H](NC(=O)[C@H](CC[C@H](Cc3ccc(O)cc3)C(=O)N[C@H]3CCS[C@H]4CCC[C@@H](C(=O)OC)N4C3=O)Cc3ccccc3)C(=O)N21. The molecule has 2 aromatic rings. The Morgan fingerprint density at radius 1 is 0.667 bits per heavy atom. The Morgan fingerprint density at radius 3 is 1.54 bits per heavy atom. The molecule has 308 valence electrons. The topological polar surface area (TPSA) is 172 Å². The molecular formula is C42H54N4O9S2. The van der Waals surface area contributed by atoms with Crippen LogP contribution in [0.4, 0.5) is 0 Å². The second-order valence-corrected chi connectivity index (χ2v) is 17.9. The quantitative estimate of drug-likeness (QED) is 0.248. The minimum Gasteiger partial charge on any atom is -0.508 e. The van der Waals surface area contributed by atoms with E-state index < -0.39 is 47.9 Å². The highest BCUT2D eigenvalue weighted by Gasteiger charge is 2.45. The minimum atomic E-state index is -0.836. The number of benzene rings is 2. The molecule has 4 saturated heterocycles. The van der Waals surface area contributed by atoms with Crippen LogP contribution in [0.15, 0.2) is 54.6 Å². The first-order valence-electron chi connectivity index (χ1n) is 20.0. The fourth-order valence-electron chi connectivity index (χ4n) is 8.55. The summed E-state index contributed by atoms with van der Waals surface area (Å²) >= 11 is 3.24. The van der Waals surface area contributed by atoms with Crippen LogP contribution in [0.25, 0.3) is 0 Å². The zero-order valence-electron chi connectivity index (χ0n) is 32.6. The van der Waals surface area contributed by atoms with Gasteiger partial charge in [0.2, 0.25) is 23.6 Å². The van der Waals surface area contributed by atoms with Crippen molar-refractivity contribution < 1.29 is 43.3 Å². The number of aromatic hydroxyl groups is 1. The lowest BCUT2D eigenvalue weighted by Crippen LogP contribution is -2.58. The number of ether oxygens (including phenoxy) is 2. The number of rotatable bonds is 13. The van der Waals surface area contributed by atoms with E-state index in [1.807, 2.05) is 30.3 Å². The third-order valence-electron chi connectivity index (χ3n) is 11.6. The highest BCUT2D eigenvalue weighted by atomic mass is 32.2. The normalized spacial score (nSPS) is 26.1. The minimum absolute atomic E-state index is 0.0948. The first-order chi connectivity index (χ1) is 27.6. The molecule has 0 bridgehead atoms. The molecule has 2 aromatic carbocycles. The summed E-state index contributed by atoms with van der Waals surface area (Å²) in [6.07, 6.45) is 6.21. The van der Waals surface area contributed by atoms with Crippen molar-refractivity contribution in [1.29, 1.82) is 0 Å². The molecule has 3 N–H and O–H groups in total. The van der Waals surface area contributed by atoms with E-state index in [0.717, 1.165) is 36.8 Å². The van der Waals surface area contributed by atoms with E-state index in [0.29, 0.717) is 56.5 Å². The van der Waals surface area contributed by atoms with Gasteiger partial charge in [-0.15, -0.1) is 23.5 Å². The van der Waals surface area contributed by atoms with Crippen molar-refractivity contribution in [3.05, 3.63) is 65.7 Å². The van der Waals surface area contributed by atoms with Crippen molar-refractivity contribution in [2.75, 3.05) is 25.7 Å². The maximum atomic E-state index is 14.3. The van der Waals surface area contributed by atoms with Crippen molar-refractivity contribution in [3.63, 3.8) is 0 Å². The highest BCUT2D eigenvalue weighted by Crippen LogP contribution is 2.36. The van der Waals surface area contributed by atoms with Gasteiger partial charge in [-0.05, 0) is 112 Å². The van der Waals surface area contributed by atoms with Crippen molar-refractivity contribution in [2.24, 2.45) is 11.8 Å². The number of carbonyl (C=O) groups is 6. The molecule has 0 aliphatic carbocycles. The molecule has 0 aromatic heterocycles. The summed E-state index contributed by atoms with van der Waals surface area (Å²) in [4.78, 5) is 85.5. The van der Waals surface area contributed by atoms with Gasteiger partial charge in [0.1, 0.15) is 29.9 Å². The second-order valence-electron chi connectivity index (χ2n) is 15.3. The number of hydrogen-bond acceptors (Lipinski definition) is 11. The molecule has 4 fully saturated rings. The van der Waals surface area contributed by atoms with Gasteiger partial charge in [-0.25, -0.2) is 9.59 Å². The van der Waals surface area contributed by atoms with Crippen molar-refractivity contribution in [3.8, 4) is 5.75 Å². The van der Waals surface area contributed by atoms with Gasteiger partial charge in [0, 0.05) is 11.8 Å². The monoisotopic (exact) mass is 822 g/mol. The summed E-state index contributed by atoms with van der Waals surface area (Å²) < 4.78 is 10.1. The standard InChI is InChI=1S/C42H54N4O9S2/c1-54-41(52)33-10-6-12-35-45(33)39(50)31(20-22-56-35)43-37(48)28(24-26-8-4-3-5-9-26)16-17-29(25-27-14-18-30(47)19-15-27)38(49)44-32-21-23-57-36-13-7-11-34(42(53)55-2)46(36)40(32)51/h3-5,8-9,14-15,18-19,28-29,31-36,47H,6-7,10-13,16-17,20-25H2,1-2H3,(H,43,48)(H,44,49)/t28-,29-,31+,32+,33+,34+,35?,36+/m1/s1. The molecule has 4 aliphatic heterocycles. The lowest BCUT2D eigenvalue weighted by Gasteiger charge is -2.40. The van der Waals surface area contributed by atoms with Crippen LogP contribution < -0.4 is 10.6 Å². The predicted octanol–water partition coefficient (Wildman–Crippen LogP) is 4.19. The number of thioether (sulfide) groups is 2. The van der Waals surface area contributed by atoms with E-state index in [-0.39, 0.29) is 46.5 Å². The molecule has 4 heterocycles. The zero-order valence-corrected chi connectivity index (χ0v) is 34.3. The molecule has 13 nitrogen and oxygen atoms in total. The number of nitrogens with zero attached hydrogens (tertiary/aromatic N) is 2. The zero-order chi connectivity index (χ0) is 40.5.